The number of hydrogen-bond donors (Lipinski definition) is 1. The van der Waals surface area contributed by atoms with Crippen molar-refractivity contribution >= 4 is 38.4 Å². The minimum atomic E-state index is -3.41. The Morgan fingerprint density at radius 2 is 2.05 bits per heavy atom. The molecule has 1 aliphatic heterocycles. The first-order valence-electron chi connectivity index (χ1n) is 6.85. The Hall–Kier alpha value is -0.210. The molecule has 1 N–H and O–H groups in total. The van der Waals surface area contributed by atoms with Gasteiger partial charge in [0.2, 0.25) is 10.0 Å². The highest BCUT2D eigenvalue weighted by Crippen LogP contribution is 2.24. The number of piperidine rings is 1. The third-order valence-electron chi connectivity index (χ3n) is 3.57. The third-order valence-corrected chi connectivity index (χ3v) is 5.87. The van der Waals surface area contributed by atoms with E-state index in [4.69, 9.17) is 0 Å². The Balaban J connectivity index is 0.00000220. The Morgan fingerprint density at radius 3 is 2.62 bits per heavy atom. The summed E-state index contributed by atoms with van der Waals surface area (Å²) < 4.78 is 27.3. The second-order valence-electron chi connectivity index (χ2n) is 4.99. The summed E-state index contributed by atoms with van der Waals surface area (Å²) in [6.07, 6.45) is 4.81. The van der Waals surface area contributed by atoms with Crippen molar-refractivity contribution < 1.29 is 8.42 Å². The predicted octanol–water partition coefficient (Wildman–Crippen LogP) is 2.28. The fourth-order valence-corrected chi connectivity index (χ4v) is 4.36. The second kappa shape index (κ2) is 8.43. The van der Waals surface area contributed by atoms with Gasteiger partial charge in [0.05, 0.1) is 0 Å². The fourth-order valence-electron chi connectivity index (χ4n) is 2.38. The highest BCUT2D eigenvalue weighted by atomic mass is 79.9. The number of nitrogens with one attached hydrogen (secondary N) is 1. The number of sulfonamides is 1. The molecule has 5 nitrogen and oxygen atoms in total. The van der Waals surface area contributed by atoms with E-state index >= 15 is 0 Å². The summed E-state index contributed by atoms with van der Waals surface area (Å²) in [5.74, 6) is 0.571. The van der Waals surface area contributed by atoms with E-state index in [0.717, 1.165) is 25.9 Å². The van der Waals surface area contributed by atoms with Crippen LogP contribution in [-0.4, -0.2) is 43.9 Å². The van der Waals surface area contributed by atoms with E-state index in [1.165, 1.54) is 6.20 Å². The molecule has 120 valence electrons. The van der Waals surface area contributed by atoms with Gasteiger partial charge in [-0.05, 0) is 53.8 Å². The van der Waals surface area contributed by atoms with Crippen LogP contribution in [0, 0.1) is 5.92 Å². The highest BCUT2D eigenvalue weighted by Gasteiger charge is 2.29. The molecule has 0 bridgehead atoms. The molecule has 1 saturated heterocycles. The summed E-state index contributed by atoms with van der Waals surface area (Å²) >= 11 is 3.26. The van der Waals surface area contributed by atoms with Gasteiger partial charge in [-0.2, -0.15) is 4.31 Å². The van der Waals surface area contributed by atoms with Crippen molar-refractivity contribution in [2.75, 3.05) is 26.2 Å². The van der Waals surface area contributed by atoms with Crippen molar-refractivity contribution in [3.63, 3.8) is 0 Å². The van der Waals surface area contributed by atoms with Crippen LogP contribution in [-0.2, 0) is 10.0 Å². The smallest absolute Gasteiger partial charge is 0.244 e. The summed E-state index contributed by atoms with van der Waals surface area (Å²) in [5, 5.41) is 3.33. The quantitative estimate of drug-likeness (QED) is 0.826. The van der Waals surface area contributed by atoms with Crippen molar-refractivity contribution in [2.45, 2.75) is 24.7 Å². The lowest BCUT2D eigenvalue weighted by Gasteiger charge is -2.31. The number of hydrogen-bond acceptors (Lipinski definition) is 4. The van der Waals surface area contributed by atoms with Crippen LogP contribution in [0.1, 0.15) is 19.8 Å². The minimum absolute atomic E-state index is 0. The number of rotatable bonds is 5. The molecule has 0 spiro atoms. The first-order valence-corrected chi connectivity index (χ1v) is 9.08. The van der Waals surface area contributed by atoms with Crippen molar-refractivity contribution in [3.05, 3.63) is 22.9 Å². The zero-order valence-electron chi connectivity index (χ0n) is 12.0. The van der Waals surface area contributed by atoms with E-state index in [2.05, 4.69) is 33.2 Å². The van der Waals surface area contributed by atoms with Gasteiger partial charge in [-0.3, -0.25) is 4.98 Å². The summed E-state index contributed by atoms with van der Waals surface area (Å²) in [5.41, 5.74) is 0. The topological polar surface area (TPSA) is 62.3 Å². The molecule has 8 heteroatoms. The number of pyridine rings is 1. The third kappa shape index (κ3) is 4.89. The number of halogens is 2. The molecule has 2 rings (SSSR count). The summed E-state index contributed by atoms with van der Waals surface area (Å²) in [6, 6.07) is 1.60. The molecule has 0 radical (unpaired) electrons. The van der Waals surface area contributed by atoms with Crippen molar-refractivity contribution in [1.29, 1.82) is 0 Å². The molecule has 2 heterocycles. The van der Waals surface area contributed by atoms with Gasteiger partial charge in [0.15, 0.2) is 0 Å². The van der Waals surface area contributed by atoms with Crippen LogP contribution < -0.4 is 5.32 Å². The molecule has 1 aromatic heterocycles. The van der Waals surface area contributed by atoms with Crippen LogP contribution >= 0.6 is 28.3 Å². The molecule has 1 aliphatic rings. The largest absolute Gasteiger partial charge is 0.317 e. The van der Waals surface area contributed by atoms with E-state index < -0.39 is 10.0 Å². The SMILES string of the molecule is CCNCC1CCN(S(=O)(=O)c2cncc(Br)c2)CC1.Cl. The lowest BCUT2D eigenvalue weighted by atomic mass is 9.98. The van der Waals surface area contributed by atoms with Gasteiger partial charge >= 0.3 is 0 Å². The molecule has 0 unspecified atom stereocenters. The maximum absolute atomic E-state index is 12.5. The van der Waals surface area contributed by atoms with Crippen LogP contribution in [0.4, 0.5) is 0 Å². The van der Waals surface area contributed by atoms with E-state index in [0.29, 0.717) is 23.5 Å². The van der Waals surface area contributed by atoms with E-state index in [9.17, 15) is 8.42 Å². The molecule has 0 aliphatic carbocycles. The van der Waals surface area contributed by atoms with E-state index in [1.54, 1.807) is 16.6 Å². The highest BCUT2D eigenvalue weighted by molar-refractivity contribution is 9.10. The van der Waals surface area contributed by atoms with Gasteiger partial charge < -0.3 is 5.32 Å². The Kier molecular flexibility index (Phi) is 7.56. The molecular weight excluding hydrogens is 378 g/mol. The van der Waals surface area contributed by atoms with Crippen LogP contribution in [0.2, 0.25) is 0 Å². The van der Waals surface area contributed by atoms with E-state index in [1.807, 2.05) is 0 Å². The Bertz CT molecular complexity index is 548. The normalized spacial score (nSPS) is 17.4. The molecule has 0 atom stereocenters. The van der Waals surface area contributed by atoms with Crippen LogP contribution in [0.25, 0.3) is 0 Å². The molecule has 0 aromatic carbocycles. The molecule has 0 saturated carbocycles. The molecule has 21 heavy (non-hydrogen) atoms. The molecule has 0 amide bonds. The average Bonchev–Trinajstić information content (AvgIpc) is 2.45. The van der Waals surface area contributed by atoms with Gasteiger partial charge in [0, 0.05) is 30.0 Å². The summed E-state index contributed by atoms with van der Waals surface area (Å²) in [6.45, 7) is 5.20. The minimum Gasteiger partial charge on any atom is -0.317 e. The Morgan fingerprint density at radius 1 is 1.38 bits per heavy atom. The lowest BCUT2D eigenvalue weighted by Crippen LogP contribution is -2.40. The maximum atomic E-state index is 12.5. The first kappa shape index (κ1) is 18.8. The Labute approximate surface area is 141 Å². The van der Waals surface area contributed by atoms with Gasteiger partial charge in [-0.25, -0.2) is 8.42 Å². The monoisotopic (exact) mass is 397 g/mol. The first-order chi connectivity index (χ1) is 9.54. The van der Waals surface area contributed by atoms with Gasteiger partial charge in [0.25, 0.3) is 0 Å². The summed E-state index contributed by atoms with van der Waals surface area (Å²) in [4.78, 5) is 4.20. The lowest BCUT2D eigenvalue weighted by molar-refractivity contribution is 0.268. The van der Waals surface area contributed by atoms with Crippen LogP contribution in [0.5, 0.6) is 0 Å². The number of nitrogens with zero attached hydrogens (tertiary/aromatic N) is 2. The van der Waals surface area contributed by atoms with Gasteiger partial charge in [-0.15, -0.1) is 12.4 Å². The van der Waals surface area contributed by atoms with Crippen LogP contribution in [0.3, 0.4) is 0 Å². The number of aromatic nitrogens is 1. The zero-order valence-corrected chi connectivity index (χ0v) is 15.2. The zero-order chi connectivity index (χ0) is 14.6. The molecular formula is C13H21BrClN3O2S. The van der Waals surface area contributed by atoms with Crippen molar-refractivity contribution in [1.82, 2.24) is 14.6 Å². The maximum Gasteiger partial charge on any atom is 0.244 e. The van der Waals surface area contributed by atoms with Crippen LogP contribution in [0.15, 0.2) is 27.8 Å². The van der Waals surface area contributed by atoms with Gasteiger partial charge in [0.1, 0.15) is 4.90 Å². The van der Waals surface area contributed by atoms with E-state index in [-0.39, 0.29) is 17.3 Å². The molecule has 1 aromatic rings. The van der Waals surface area contributed by atoms with Crippen molar-refractivity contribution in [3.8, 4) is 0 Å². The average molecular weight is 399 g/mol. The van der Waals surface area contributed by atoms with Gasteiger partial charge in [-0.1, -0.05) is 6.92 Å². The summed E-state index contributed by atoms with van der Waals surface area (Å²) in [7, 11) is -3.41. The standard InChI is InChI=1S/C13H20BrN3O2S.ClH/c1-2-15-8-11-3-5-17(6-4-11)20(18,19)13-7-12(14)9-16-10-13;/h7,9-11,15H,2-6,8H2,1H3;1H. The second-order valence-corrected chi connectivity index (χ2v) is 7.85. The molecule has 1 fully saturated rings. The fraction of sp³-hybridized carbons (Fsp3) is 0.615. The predicted molar refractivity (Wildman–Crippen MR) is 89.2 cm³/mol. The van der Waals surface area contributed by atoms with Crippen molar-refractivity contribution in [2.24, 2.45) is 5.92 Å².